The molecule has 38 heavy (non-hydrogen) atoms. The molecule has 4 aromatic carbocycles. The maximum Gasteiger partial charge on any atom is 0.200 e. The van der Waals surface area contributed by atoms with Crippen molar-refractivity contribution in [1.82, 2.24) is 0 Å². The van der Waals surface area contributed by atoms with Crippen LogP contribution in [-0.2, 0) is 12.8 Å². The summed E-state index contributed by atoms with van der Waals surface area (Å²) in [6.45, 7) is 5.41. The van der Waals surface area contributed by atoms with Crippen LogP contribution in [0.5, 0.6) is 5.75 Å². The molecule has 0 radical (unpaired) electrons. The van der Waals surface area contributed by atoms with Gasteiger partial charge in [-0.2, -0.15) is 4.39 Å². The molecule has 4 aromatic rings. The van der Waals surface area contributed by atoms with E-state index in [1.165, 1.54) is 24.3 Å². The molecule has 0 bridgehead atoms. The third-order valence-electron chi connectivity index (χ3n) is 6.44. The van der Waals surface area contributed by atoms with Crippen molar-refractivity contribution in [3.05, 3.63) is 125 Å². The predicted octanol–water partition coefficient (Wildman–Crippen LogP) is 8.37. The van der Waals surface area contributed by atoms with Gasteiger partial charge < -0.3 is 9.84 Å². The summed E-state index contributed by atoms with van der Waals surface area (Å²) >= 11 is 0. The lowest BCUT2D eigenvalue weighted by Gasteiger charge is -2.12. The molecule has 4 rings (SSSR count). The Bertz CT molecular complexity index is 1410. The van der Waals surface area contributed by atoms with E-state index in [2.05, 4.69) is 6.58 Å². The fraction of sp³-hybridized carbons (Fsp3) is 0.188. The van der Waals surface area contributed by atoms with Crippen molar-refractivity contribution >= 4 is 0 Å². The lowest BCUT2D eigenvalue weighted by atomic mass is 9.96. The van der Waals surface area contributed by atoms with Crippen molar-refractivity contribution in [2.45, 2.75) is 32.3 Å². The summed E-state index contributed by atoms with van der Waals surface area (Å²) in [7, 11) is 0. The molecular weight excluding hydrogens is 492 g/mol. The summed E-state index contributed by atoms with van der Waals surface area (Å²) in [4.78, 5) is 0. The monoisotopic (exact) mass is 520 g/mol. The van der Waals surface area contributed by atoms with E-state index in [0.29, 0.717) is 29.5 Å². The van der Waals surface area contributed by atoms with Crippen LogP contribution >= 0.6 is 0 Å². The topological polar surface area (TPSA) is 29.5 Å². The van der Waals surface area contributed by atoms with E-state index in [9.17, 15) is 18.3 Å². The van der Waals surface area contributed by atoms with E-state index in [1.807, 2.05) is 0 Å². The lowest BCUT2D eigenvalue weighted by Crippen LogP contribution is -2.03. The zero-order valence-electron chi connectivity index (χ0n) is 21.0. The van der Waals surface area contributed by atoms with Gasteiger partial charge in [0.2, 0.25) is 5.82 Å². The van der Waals surface area contributed by atoms with E-state index < -0.39 is 29.4 Å². The largest absolute Gasteiger partial charge is 0.490 e. The molecule has 2 nitrogen and oxygen atoms in total. The summed E-state index contributed by atoms with van der Waals surface area (Å²) in [5.41, 5.74) is 3.02. The number of aryl methyl sites for hydroxylation is 2. The second-order valence-electron chi connectivity index (χ2n) is 9.06. The van der Waals surface area contributed by atoms with Crippen molar-refractivity contribution in [2.75, 3.05) is 6.61 Å². The molecule has 0 aromatic heterocycles. The third-order valence-corrected chi connectivity index (χ3v) is 6.44. The fourth-order valence-electron chi connectivity index (χ4n) is 4.20. The van der Waals surface area contributed by atoms with Crippen LogP contribution in [0.1, 0.15) is 36.1 Å². The standard InChI is InChI=1S/C32H28F4O2/c1-3-4-19-38-28-18-15-25(29(33)32(28)36)10-7-21-5-8-23(9-6-21)26-16-17-27(31(35)30(26)34)24-13-11-22(12-14-24)20(2)37/h3,5-6,8-9,11-18,20,37H,1,4,7,10,19H2,2H3. The summed E-state index contributed by atoms with van der Waals surface area (Å²) in [5.74, 6) is -3.99. The summed E-state index contributed by atoms with van der Waals surface area (Å²) in [6.07, 6.45) is 2.21. The Labute approximate surface area is 219 Å². The molecule has 0 fully saturated rings. The van der Waals surface area contributed by atoms with Gasteiger partial charge >= 0.3 is 0 Å². The molecule has 0 aliphatic carbocycles. The Morgan fingerprint density at radius 1 is 0.737 bits per heavy atom. The minimum Gasteiger partial charge on any atom is -0.490 e. The number of rotatable bonds is 10. The first-order valence-electron chi connectivity index (χ1n) is 12.4. The molecule has 0 aliphatic heterocycles. The van der Waals surface area contributed by atoms with E-state index >= 15 is 4.39 Å². The van der Waals surface area contributed by atoms with E-state index in [0.717, 1.165) is 5.56 Å². The van der Waals surface area contributed by atoms with Gasteiger partial charge in [0.05, 0.1) is 12.7 Å². The minimum atomic E-state index is -1.01. The summed E-state index contributed by atoms with van der Waals surface area (Å²) in [5, 5.41) is 9.65. The maximum atomic E-state index is 15.0. The van der Waals surface area contributed by atoms with Crippen LogP contribution in [0, 0.1) is 23.3 Å². The average Bonchev–Trinajstić information content (AvgIpc) is 2.92. The van der Waals surface area contributed by atoms with E-state index in [1.54, 1.807) is 61.5 Å². The zero-order chi connectivity index (χ0) is 27.2. The zero-order valence-corrected chi connectivity index (χ0v) is 21.0. The Morgan fingerprint density at radius 3 is 1.87 bits per heavy atom. The number of halogens is 4. The second-order valence-corrected chi connectivity index (χ2v) is 9.06. The van der Waals surface area contributed by atoms with Gasteiger partial charge in [0.15, 0.2) is 23.2 Å². The molecule has 1 N–H and O–H groups in total. The molecule has 0 heterocycles. The Balaban J connectivity index is 1.46. The smallest absolute Gasteiger partial charge is 0.200 e. The van der Waals surface area contributed by atoms with Gasteiger partial charge in [-0.15, -0.1) is 6.58 Å². The van der Waals surface area contributed by atoms with Gasteiger partial charge in [0.25, 0.3) is 0 Å². The minimum absolute atomic E-state index is 0.124. The number of hydrogen-bond acceptors (Lipinski definition) is 2. The lowest BCUT2D eigenvalue weighted by molar-refractivity contribution is 0.199. The first-order chi connectivity index (χ1) is 18.3. The SMILES string of the molecule is C=CCCOc1ccc(CCc2ccc(-c3ccc(-c4ccc(C(C)O)cc4)c(F)c3F)cc2)c(F)c1F. The van der Waals surface area contributed by atoms with Crippen LogP contribution in [0.2, 0.25) is 0 Å². The summed E-state index contributed by atoms with van der Waals surface area (Å²) in [6, 6.07) is 19.5. The second kappa shape index (κ2) is 12.1. The molecule has 6 heteroatoms. The van der Waals surface area contributed by atoms with E-state index in [4.69, 9.17) is 4.74 Å². The molecular formula is C32H28F4O2. The molecule has 0 saturated heterocycles. The van der Waals surface area contributed by atoms with Gasteiger partial charge in [0.1, 0.15) is 0 Å². The highest BCUT2D eigenvalue weighted by Gasteiger charge is 2.17. The fourth-order valence-corrected chi connectivity index (χ4v) is 4.20. The van der Waals surface area contributed by atoms with Gasteiger partial charge in [-0.25, -0.2) is 13.2 Å². The van der Waals surface area contributed by atoms with Gasteiger partial charge in [-0.1, -0.05) is 72.8 Å². The van der Waals surface area contributed by atoms with Crippen molar-refractivity contribution in [1.29, 1.82) is 0 Å². The van der Waals surface area contributed by atoms with Crippen molar-refractivity contribution in [2.24, 2.45) is 0 Å². The van der Waals surface area contributed by atoms with Crippen LogP contribution in [0.3, 0.4) is 0 Å². The van der Waals surface area contributed by atoms with Gasteiger partial charge in [0, 0.05) is 11.1 Å². The highest BCUT2D eigenvalue weighted by atomic mass is 19.2. The molecule has 0 saturated carbocycles. The normalized spacial score (nSPS) is 11.8. The first kappa shape index (κ1) is 27.1. The highest BCUT2D eigenvalue weighted by Crippen LogP contribution is 2.32. The highest BCUT2D eigenvalue weighted by molar-refractivity contribution is 5.72. The molecule has 196 valence electrons. The van der Waals surface area contributed by atoms with Crippen LogP contribution in [0.15, 0.2) is 85.5 Å². The van der Waals surface area contributed by atoms with Crippen molar-refractivity contribution < 1.29 is 27.4 Å². The van der Waals surface area contributed by atoms with Crippen molar-refractivity contribution in [3.8, 4) is 28.0 Å². The molecule has 0 spiro atoms. The number of aliphatic hydroxyl groups is 1. The number of benzene rings is 4. The third kappa shape index (κ3) is 5.97. The molecule has 1 unspecified atom stereocenters. The molecule has 1 atom stereocenters. The number of ether oxygens (including phenoxy) is 1. The number of aliphatic hydroxyl groups excluding tert-OH is 1. The molecule has 0 aliphatic rings. The number of hydrogen-bond donors (Lipinski definition) is 1. The van der Waals surface area contributed by atoms with Crippen LogP contribution in [-0.4, -0.2) is 11.7 Å². The predicted molar refractivity (Wildman–Crippen MR) is 142 cm³/mol. The van der Waals surface area contributed by atoms with Crippen LogP contribution in [0.25, 0.3) is 22.3 Å². The summed E-state index contributed by atoms with van der Waals surface area (Å²) < 4.78 is 64.0. The average molecular weight is 521 g/mol. The Hall–Kier alpha value is -3.90. The van der Waals surface area contributed by atoms with Gasteiger partial charge in [-0.3, -0.25) is 0 Å². The Morgan fingerprint density at radius 2 is 1.32 bits per heavy atom. The van der Waals surface area contributed by atoms with Crippen molar-refractivity contribution in [3.63, 3.8) is 0 Å². The quantitative estimate of drug-likeness (QED) is 0.129. The first-order valence-corrected chi connectivity index (χ1v) is 12.4. The van der Waals surface area contributed by atoms with Crippen LogP contribution < -0.4 is 4.74 Å². The molecule has 0 amide bonds. The van der Waals surface area contributed by atoms with E-state index in [-0.39, 0.29) is 35.5 Å². The maximum absolute atomic E-state index is 15.0. The Kier molecular flexibility index (Phi) is 8.64. The van der Waals surface area contributed by atoms with Crippen LogP contribution in [0.4, 0.5) is 17.6 Å². The van der Waals surface area contributed by atoms with Gasteiger partial charge in [-0.05, 0) is 60.1 Å².